The van der Waals surface area contributed by atoms with Crippen molar-refractivity contribution in [1.29, 1.82) is 0 Å². The first-order chi connectivity index (χ1) is 12.8. The van der Waals surface area contributed by atoms with E-state index in [1.165, 1.54) is 13.2 Å². The first-order valence-electron chi connectivity index (χ1n) is 8.31. The number of methoxy groups -OCH3 is 1. The maximum absolute atomic E-state index is 11.6. The second-order valence-electron chi connectivity index (χ2n) is 6.84. The predicted octanol–water partition coefficient (Wildman–Crippen LogP) is 4.05. The fourth-order valence-corrected chi connectivity index (χ4v) is 2.78. The van der Waals surface area contributed by atoms with Crippen LogP contribution in [0.3, 0.4) is 0 Å². The fraction of sp³-hybridized carbons (Fsp3) is 0.200. The van der Waals surface area contributed by atoms with E-state index < -0.39 is 10.9 Å². The molecule has 0 aliphatic heterocycles. The zero-order valence-electron chi connectivity index (χ0n) is 15.2. The maximum Gasteiger partial charge on any atom is 0.354 e. The van der Waals surface area contributed by atoms with Gasteiger partial charge in [0.15, 0.2) is 0 Å². The third-order valence-electron chi connectivity index (χ3n) is 4.11. The van der Waals surface area contributed by atoms with Gasteiger partial charge in [-0.1, -0.05) is 38.2 Å². The molecular formula is C20H19N3O4. The van der Waals surface area contributed by atoms with Gasteiger partial charge < -0.3 is 9.72 Å². The predicted molar refractivity (Wildman–Crippen MR) is 103 cm³/mol. The Kier molecular flexibility index (Phi) is 4.77. The molecule has 0 atom stereocenters. The van der Waals surface area contributed by atoms with Crippen LogP contribution in [0.5, 0.6) is 0 Å². The molecule has 1 N–H and O–H groups in total. The van der Waals surface area contributed by atoms with E-state index in [1.54, 1.807) is 18.3 Å². The summed E-state index contributed by atoms with van der Waals surface area (Å²) in [4.78, 5) is 29.6. The van der Waals surface area contributed by atoms with Gasteiger partial charge in [-0.25, -0.2) is 9.78 Å². The first-order valence-corrected chi connectivity index (χ1v) is 8.31. The molecule has 2 aromatic rings. The van der Waals surface area contributed by atoms with Gasteiger partial charge in [0, 0.05) is 29.2 Å². The Balaban J connectivity index is 1.92. The number of carbonyl (C=O) groups is 1. The fourth-order valence-electron chi connectivity index (χ4n) is 2.78. The molecule has 2 heterocycles. The minimum atomic E-state index is -0.458. The molecule has 0 bridgehead atoms. The largest absolute Gasteiger partial charge is 0.464 e. The van der Waals surface area contributed by atoms with E-state index in [1.807, 2.05) is 44.2 Å². The molecule has 7 heteroatoms. The van der Waals surface area contributed by atoms with Crippen molar-refractivity contribution in [2.24, 2.45) is 5.41 Å². The standard InChI is InChI=1S/C20H19N3O4/c1-20(2)7-6-16(23(25)26)9-13(11-20)4-5-14-8-15-10-17(19(24)27-3)22-18(15)21-12-14/h4-12H,1-3H3,(H,21,22)/b5-4+. The van der Waals surface area contributed by atoms with Crippen LogP contribution in [0.1, 0.15) is 29.9 Å². The number of carbonyl (C=O) groups excluding carboxylic acids is 1. The summed E-state index contributed by atoms with van der Waals surface area (Å²) in [5.74, 6) is -0.458. The zero-order valence-corrected chi connectivity index (χ0v) is 15.2. The lowest BCUT2D eigenvalue weighted by atomic mass is 9.91. The Morgan fingerprint density at radius 1 is 1.33 bits per heavy atom. The van der Waals surface area contributed by atoms with Crippen LogP contribution in [0.25, 0.3) is 17.1 Å². The number of allylic oxidation sites excluding steroid dienone is 6. The van der Waals surface area contributed by atoms with Gasteiger partial charge in [0.1, 0.15) is 11.3 Å². The summed E-state index contributed by atoms with van der Waals surface area (Å²) in [5, 5.41) is 11.9. The molecule has 1 aliphatic rings. The van der Waals surface area contributed by atoms with Crippen molar-refractivity contribution < 1.29 is 14.5 Å². The maximum atomic E-state index is 11.6. The normalized spacial score (nSPS) is 16.1. The number of rotatable bonds is 4. The molecular weight excluding hydrogens is 346 g/mol. The molecule has 1 aliphatic carbocycles. The Morgan fingerprint density at radius 3 is 2.81 bits per heavy atom. The molecule has 0 saturated carbocycles. The number of H-pyrrole nitrogens is 1. The van der Waals surface area contributed by atoms with E-state index in [-0.39, 0.29) is 11.1 Å². The average Bonchev–Trinajstić information content (AvgIpc) is 2.97. The van der Waals surface area contributed by atoms with E-state index in [9.17, 15) is 14.9 Å². The van der Waals surface area contributed by atoms with Gasteiger partial charge in [-0.3, -0.25) is 10.1 Å². The molecule has 7 nitrogen and oxygen atoms in total. The monoisotopic (exact) mass is 365 g/mol. The third kappa shape index (κ3) is 4.20. The molecule has 0 fully saturated rings. The molecule has 27 heavy (non-hydrogen) atoms. The highest BCUT2D eigenvalue weighted by Crippen LogP contribution is 2.27. The second-order valence-corrected chi connectivity index (χ2v) is 6.84. The van der Waals surface area contributed by atoms with Crippen LogP contribution in [0, 0.1) is 15.5 Å². The van der Waals surface area contributed by atoms with E-state index in [0.717, 1.165) is 16.5 Å². The minimum Gasteiger partial charge on any atom is -0.464 e. The van der Waals surface area contributed by atoms with Crippen molar-refractivity contribution >= 4 is 23.1 Å². The molecule has 0 radical (unpaired) electrons. The molecule has 3 rings (SSSR count). The molecule has 138 valence electrons. The van der Waals surface area contributed by atoms with Crippen LogP contribution in [0.15, 0.2) is 60.0 Å². The number of nitrogens with one attached hydrogen (secondary N) is 1. The van der Waals surface area contributed by atoms with Crippen LogP contribution in [0.2, 0.25) is 0 Å². The van der Waals surface area contributed by atoms with Gasteiger partial charge in [-0.05, 0) is 23.3 Å². The number of hydrogen-bond acceptors (Lipinski definition) is 5. The van der Waals surface area contributed by atoms with Gasteiger partial charge >= 0.3 is 5.97 Å². The van der Waals surface area contributed by atoms with Crippen LogP contribution in [-0.2, 0) is 4.74 Å². The number of aromatic amines is 1. The Hall–Kier alpha value is -3.48. The van der Waals surface area contributed by atoms with Crippen molar-refractivity contribution in [3.8, 4) is 0 Å². The molecule has 0 spiro atoms. The zero-order chi connectivity index (χ0) is 19.6. The van der Waals surface area contributed by atoms with E-state index >= 15 is 0 Å². The van der Waals surface area contributed by atoms with Crippen molar-refractivity contribution in [1.82, 2.24) is 9.97 Å². The average molecular weight is 365 g/mol. The van der Waals surface area contributed by atoms with Crippen molar-refractivity contribution in [3.63, 3.8) is 0 Å². The van der Waals surface area contributed by atoms with Gasteiger partial charge in [0.2, 0.25) is 0 Å². The number of esters is 1. The lowest BCUT2D eigenvalue weighted by molar-refractivity contribution is -0.419. The third-order valence-corrected chi connectivity index (χ3v) is 4.11. The second kappa shape index (κ2) is 7.03. The number of nitro groups is 1. The Morgan fingerprint density at radius 2 is 2.11 bits per heavy atom. The lowest BCUT2D eigenvalue weighted by Crippen LogP contribution is -2.02. The summed E-state index contributed by atoms with van der Waals surface area (Å²) in [6.45, 7) is 3.96. The number of hydrogen-bond donors (Lipinski definition) is 1. The number of fused-ring (bicyclic) bond motifs is 1. The summed E-state index contributed by atoms with van der Waals surface area (Å²) in [7, 11) is 1.32. The van der Waals surface area contributed by atoms with Crippen molar-refractivity contribution in [2.75, 3.05) is 7.11 Å². The topological polar surface area (TPSA) is 98.1 Å². The van der Waals surface area contributed by atoms with Gasteiger partial charge in [0.05, 0.1) is 12.0 Å². The molecule has 0 saturated heterocycles. The van der Waals surface area contributed by atoms with E-state index in [2.05, 4.69) is 9.97 Å². The summed E-state index contributed by atoms with van der Waals surface area (Å²) < 4.78 is 4.70. The molecule has 2 aromatic heterocycles. The Bertz CT molecular complexity index is 1040. The summed E-state index contributed by atoms with van der Waals surface area (Å²) in [6, 6.07) is 3.55. The molecule has 0 amide bonds. The van der Waals surface area contributed by atoms with Gasteiger partial charge in [0.25, 0.3) is 5.70 Å². The smallest absolute Gasteiger partial charge is 0.354 e. The van der Waals surface area contributed by atoms with Crippen LogP contribution in [-0.4, -0.2) is 28.0 Å². The van der Waals surface area contributed by atoms with Gasteiger partial charge in [-0.15, -0.1) is 0 Å². The van der Waals surface area contributed by atoms with Crippen LogP contribution >= 0.6 is 0 Å². The SMILES string of the molecule is COC(=O)c1cc2cc(/C=C/C3=CC(C)(C)C=CC([N+](=O)[O-])=C3)cnc2[nH]1. The van der Waals surface area contributed by atoms with E-state index in [0.29, 0.717) is 11.3 Å². The number of aromatic nitrogens is 2. The first kappa shape index (κ1) is 18.3. The van der Waals surface area contributed by atoms with Crippen molar-refractivity contribution in [2.45, 2.75) is 13.8 Å². The summed E-state index contributed by atoms with van der Waals surface area (Å²) in [6.07, 6.45) is 12.2. The van der Waals surface area contributed by atoms with Crippen LogP contribution < -0.4 is 0 Å². The summed E-state index contributed by atoms with van der Waals surface area (Å²) >= 11 is 0. The number of nitrogens with zero attached hydrogens (tertiary/aromatic N) is 2. The molecule has 0 unspecified atom stereocenters. The Labute approximate surface area is 155 Å². The van der Waals surface area contributed by atoms with Gasteiger partial charge in [-0.2, -0.15) is 0 Å². The van der Waals surface area contributed by atoms with E-state index in [4.69, 9.17) is 4.74 Å². The highest BCUT2D eigenvalue weighted by atomic mass is 16.6. The summed E-state index contributed by atoms with van der Waals surface area (Å²) in [5.41, 5.74) is 2.21. The highest BCUT2D eigenvalue weighted by Gasteiger charge is 2.18. The minimum absolute atomic E-state index is 0.0402. The molecule has 0 aromatic carbocycles. The highest BCUT2D eigenvalue weighted by molar-refractivity contribution is 5.94. The van der Waals surface area contributed by atoms with Crippen LogP contribution in [0.4, 0.5) is 0 Å². The number of pyridine rings is 1. The lowest BCUT2D eigenvalue weighted by Gasteiger charge is -2.13. The quantitative estimate of drug-likeness (QED) is 0.501. The van der Waals surface area contributed by atoms with Crippen molar-refractivity contribution in [3.05, 3.63) is 81.4 Å². The number of ether oxygens (including phenoxy) is 1.